The smallest absolute Gasteiger partial charge is 0.337 e. The molecule has 5 heteroatoms. The maximum absolute atomic E-state index is 13.1. The van der Waals surface area contributed by atoms with Crippen molar-refractivity contribution in [1.82, 2.24) is 4.98 Å². The molecule has 0 saturated heterocycles. The van der Waals surface area contributed by atoms with Crippen molar-refractivity contribution < 1.29 is 18.7 Å². The van der Waals surface area contributed by atoms with Gasteiger partial charge in [0.05, 0.1) is 17.0 Å². The number of nitrogens with zero attached hydrogens (tertiary/aromatic N) is 1. The molecule has 0 atom stereocenters. The number of pyridine rings is 1. The summed E-state index contributed by atoms with van der Waals surface area (Å²) in [5.41, 5.74) is 0.962. The fourth-order valence-electron chi connectivity index (χ4n) is 1.65. The molecule has 0 radical (unpaired) electrons. The van der Waals surface area contributed by atoms with E-state index in [1.807, 2.05) is 0 Å². The van der Waals surface area contributed by atoms with Crippen molar-refractivity contribution in [2.45, 2.75) is 6.92 Å². The van der Waals surface area contributed by atoms with Gasteiger partial charge in [0.15, 0.2) is 0 Å². The third-order valence-electron chi connectivity index (χ3n) is 2.47. The number of rotatable bonds is 2. The van der Waals surface area contributed by atoms with E-state index in [2.05, 4.69) is 4.98 Å². The highest BCUT2D eigenvalue weighted by molar-refractivity contribution is 5.89. The molecule has 0 bridgehead atoms. The fourth-order valence-corrected chi connectivity index (χ4v) is 1.65. The van der Waals surface area contributed by atoms with E-state index in [1.54, 1.807) is 0 Å². The van der Waals surface area contributed by atoms with Gasteiger partial charge < -0.3 is 5.11 Å². The third kappa shape index (κ3) is 2.34. The van der Waals surface area contributed by atoms with Crippen LogP contribution in [0.3, 0.4) is 0 Å². The van der Waals surface area contributed by atoms with E-state index in [0.29, 0.717) is 11.4 Å². The second-order valence-corrected chi connectivity index (χ2v) is 3.79. The number of halogens is 2. The first-order valence-corrected chi connectivity index (χ1v) is 5.15. The maximum atomic E-state index is 13.1. The maximum Gasteiger partial charge on any atom is 0.337 e. The molecule has 0 spiro atoms. The monoisotopic (exact) mass is 249 g/mol. The molecule has 0 amide bonds. The molecule has 1 N–H and O–H groups in total. The molecule has 18 heavy (non-hydrogen) atoms. The predicted octanol–water partition coefficient (Wildman–Crippen LogP) is 3.03. The molecule has 3 nitrogen and oxygen atoms in total. The Balaban J connectivity index is 2.52. The Labute approximate surface area is 102 Å². The minimum Gasteiger partial charge on any atom is -0.478 e. The summed E-state index contributed by atoms with van der Waals surface area (Å²) in [5, 5.41) is 8.86. The van der Waals surface area contributed by atoms with Crippen LogP contribution < -0.4 is 0 Å². The summed E-state index contributed by atoms with van der Waals surface area (Å²) in [6, 6.07) is 5.84. The quantitative estimate of drug-likeness (QED) is 0.889. The first-order valence-electron chi connectivity index (χ1n) is 5.15. The molecule has 92 valence electrons. The number of aromatic nitrogens is 1. The van der Waals surface area contributed by atoms with Crippen molar-refractivity contribution in [3.63, 3.8) is 0 Å². The lowest BCUT2D eigenvalue weighted by molar-refractivity contribution is 0.0695. The Bertz CT molecular complexity index is 606. The Kier molecular flexibility index (Phi) is 3.06. The summed E-state index contributed by atoms with van der Waals surface area (Å²) in [6.45, 7) is 1.53. The fraction of sp³-hybridized carbons (Fsp3) is 0.0769. The molecule has 2 rings (SSSR count). The van der Waals surface area contributed by atoms with E-state index in [1.165, 1.54) is 19.1 Å². The van der Waals surface area contributed by atoms with Crippen molar-refractivity contribution in [3.8, 4) is 11.3 Å². The van der Waals surface area contributed by atoms with E-state index in [-0.39, 0.29) is 11.1 Å². The number of hydrogen-bond donors (Lipinski definition) is 1. The number of carbonyl (C=O) groups is 1. The zero-order valence-corrected chi connectivity index (χ0v) is 9.45. The molecule has 1 aromatic carbocycles. The molecule has 0 aliphatic heterocycles. The molecule has 0 unspecified atom stereocenters. The number of aromatic carboxylic acids is 1. The van der Waals surface area contributed by atoms with E-state index < -0.39 is 17.6 Å². The summed E-state index contributed by atoms with van der Waals surface area (Å²) in [6.07, 6.45) is 0. The Morgan fingerprint density at radius 2 is 1.78 bits per heavy atom. The van der Waals surface area contributed by atoms with E-state index in [9.17, 15) is 13.6 Å². The van der Waals surface area contributed by atoms with Crippen LogP contribution in [-0.4, -0.2) is 16.1 Å². The van der Waals surface area contributed by atoms with Gasteiger partial charge in [0, 0.05) is 11.6 Å². The average Bonchev–Trinajstić information content (AvgIpc) is 2.26. The topological polar surface area (TPSA) is 50.2 Å². The van der Waals surface area contributed by atoms with Gasteiger partial charge in [-0.15, -0.1) is 0 Å². The molecule has 0 saturated carbocycles. The van der Waals surface area contributed by atoms with Crippen LogP contribution in [0, 0.1) is 18.6 Å². The van der Waals surface area contributed by atoms with Crippen LogP contribution in [0.1, 0.15) is 16.1 Å². The van der Waals surface area contributed by atoms with E-state index >= 15 is 0 Å². The molecule has 0 aliphatic carbocycles. The first-order chi connectivity index (χ1) is 8.47. The SMILES string of the molecule is Cc1nc(-c2cc(F)cc(F)c2)ccc1C(=O)O. The zero-order valence-electron chi connectivity index (χ0n) is 9.45. The standard InChI is InChI=1S/C13H9F2NO2/c1-7-11(13(17)18)2-3-12(16-7)8-4-9(14)6-10(15)5-8/h2-6H,1H3,(H,17,18). The number of carboxylic acid groups (broad SMARTS) is 1. The number of benzene rings is 1. The molecular formula is C13H9F2NO2. The molecule has 0 aliphatic rings. The lowest BCUT2D eigenvalue weighted by Crippen LogP contribution is -2.02. The normalized spacial score (nSPS) is 10.4. The minimum atomic E-state index is -1.09. The molecule has 1 aromatic heterocycles. The van der Waals surface area contributed by atoms with Gasteiger partial charge >= 0.3 is 5.97 Å². The summed E-state index contributed by atoms with van der Waals surface area (Å²) in [5.74, 6) is -2.49. The summed E-state index contributed by atoms with van der Waals surface area (Å²) < 4.78 is 26.1. The Hall–Kier alpha value is -2.30. The van der Waals surface area contributed by atoms with Crippen LogP contribution in [0.2, 0.25) is 0 Å². The van der Waals surface area contributed by atoms with Gasteiger partial charge in [-0.05, 0) is 31.2 Å². The van der Waals surface area contributed by atoms with Crippen molar-refractivity contribution >= 4 is 5.97 Å². The van der Waals surface area contributed by atoms with Gasteiger partial charge in [0.25, 0.3) is 0 Å². The van der Waals surface area contributed by atoms with Gasteiger partial charge in [0.1, 0.15) is 11.6 Å². The highest BCUT2D eigenvalue weighted by atomic mass is 19.1. The zero-order chi connectivity index (χ0) is 13.3. The minimum absolute atomic E-state index is 0.0654. The molecule has 2 aromatic rings. The van der Waals surface area contributed by atoms with Crippen LogP contribution in [0.25, 0.3) is 11.3 Å². The van der Waals surface area contributed by atoms with Crippen LogP contribution in [0.4, 0.5) is 8.78 Å². The summed E-state index contributed by atoms with van der Waals surface area (Å²) >= 11 is 0. The molecular weight excluding hydrogens is 240 g/mol. The second kappa shape index (κ2) is 4.52. The van der Waals surface area contributed by atoms with Crippen LogP contribution in [0.15, 0.2) is 30.3 Å². The Morgan fingerprint density at radius 1 is 1.17 bits per heavy atom. The van der Waals surface area contributed by atoms with Gasteiger partial charge in [-0.2, -0.15) is 0 Å². The van der Waals surface area contributed by atoms with Crippen LogP contribution in [-0.2, 0) is 0 Å². The molecule has 0 fully saturated rings. The Morgan fingerprint density at radius 3 is 2.28 bits per heavy atom. The van der Waals surface area contributed by atoms with E-state index in [4.69, 9.17) is 5.11 Å². The highest BCUT2D eigenvalue weighted by Gasteiger charge is 2.10. The van der Waals surface area contributed by atoms with Gasteiger partial charge in [-0.25, -0.2) is 13.6 Å². The lowest BCUT2D eigenvalue weighted by atomic mass is 10.1. The highest BCUT2D eigenvalue weighted by Crippen LogP contribution is 2.21. The van der Waals surface area contributed by atoms with Crippen LogP contribution >= 0.6 is 0 Å². The second-order valence-electron chi connectivity index (χ2n) is 3.79. The number of hydrogen-bond acceptors (Lipinski definition) is 2. The van der Waals surface area contributed by atoms with Crippen molar-refractivity contribution in [3.05, 3.63) is 53.2 Å². The first kappa shape index (κ1) is 12.2. The molecule has 1 heterocycles. The van der Waals surface area contributed by atoms with Gasteiger partial charge in [-0.1, -0.05) is 0 Å². The van der Waals surface area contributed by atoms with Gasteiger partial charge in [0.2, 0.25) is 0 Å². The van der Waals surface area contributed by atoms with Crippen molar-refractivity contribution in [2.75, 3.05) is 0 Å². The number of aryl methyl sites for hydroxylation is 1. The average molecular weight is 249 g/mol. The third-order valence-corrected chi connectivity index (χ3v) is 2.47. The van der Waals surface area contributed by atoms with Crippen molar-refractivity contribution in [2.24, 2.45) is 0 Å². The van der Waals surface area contributed by atoms with Crippen LogP contribution in [0.5, 0.6) is 0 Å². The predicted molar refractivity (Wildman–Crippen MR) is 61.3 cm³/mol. The lowest BCUT2D eigenvalue weighted by Gasteiger charge is -2.05. The van der Waals surface area contributed by atoms with Gasteiger partial charge in [-0.3, -0.25) is 4.98 Å². The van der Waals surface area contributed by atoms with E-state index in [0.717, 1.165) is 18.2 Å². The summed E-state index contributed by atoms with van der Waals surface area (Å²) in [7, 11) is 0. The summed E-state index contributed by atoms with van der Waals surface area (Å²) in [4.78, 5) is 14.9. The van der Waals surface area contributed by atoms with Crippen molar-refractivity contribution in [1.29, 1.82) is 0 Å². The largest absolute Gasteiger partial charge is 0.478 e. The number of carboxylic acids is 1.